The lowest BCUT2D eigenvalue weighted by molar-refractivity contribution is 0.280. The van der Waals surface area contributed by atoms with E-state index in [1.54, 1.807) is 0 Å². The normalized spacial score (nSPS) is 10.3. The van der Waals surface area contributed by atoms with Crippen molar-refractivity contribution in [2.45, 2.75) is 0 Å². The summed E-state index contributed by atoms with van der Waals surface area (Å²) in [7, 11) is 0. The summed E-state index contributed by atoms with van der Waals surface area (Å²) in [5.74, 6) is -0.691. The van der Waals surface area contributed by atoms with Crippen LogP contribution < -0.4 is 10.6 Å². The third-order valence-corrected chi connectivity index (χ3v) is 1.78. The molecule has 0 spiro atoms. The zero-order chi connectivity index (χ0) is 11.3. The lowest BCUT2D eigenvalue weighted by Crippen LogP contribution is -2.31. The lowest BCUT2D eigenvalue weighted by atomic mass is 10.4. The van der Waals surface area contributed by atoms with Gasteiger partial charge in [-0.3, -0.25) is 0 Å². The number of aliphatic hydroxyl groups is 2. The van der Waals surface area contributed by atoms with E-state index in [4.69, 9.17) is 15.9 Å². The van der Waals surface area contributed by atoms with Crippen molar-refractivity contribution in [3.63, 3.8) is 0 Å². The highest BCUT2D eigenvalue weighted by molar-refractivity contribution is 5.42. The molecular weight excluding hydrogens is 203 g/mol. The van der Waals surface area contributed by atoms with Crippen molar-refractivity contribution < 1.29 is 14.6 Å². The van der Waals surface area contributed by atoms with Crippen molar-refractivity contribution in [2.75, 3.05) is 36.9 Å². The van der Waals surface area contributed by atoms with Crippen molar-refractivity contribution in [3.8, 4) is 0 Å². The number of anilines is 2. The fourth-order valence-corrected chi connectivity index (χ4v) is 1.16. The molecular formula is C8H13FN4O2. The minimum Gasteiger partial charge on any atom is -0.395 e. The van der Waals surface area contributed by atoms with Crippen LogP contribution in [0.25, 0.3) is 0 Å². The van der Waals surface area contributed by atoms with Gasteiger partial charge in [0.25, 0.3) is 0 Å². The highest BCUT2D eigenvalue weighted by Gasteiger charge is 2.13. The summed E-state index contributed by atoms with van der Waals surface area (Å²) < 4.78 is 13.3. The van der Waals surface area contributed by atoms with Crippen LogP contribution >= 0.6 is 0 Å². The van der Waals surface area contributed by atoms with Crippen molar-refractivity contribution in [1.82, 2.24) is 9.97 Å². The summed E-state index contributed by atoms with van der Waals surface area (Å²) in [6.45, 7) is 0.0224. The van der Waals surface area contributed by atoms with Crippen LogP contribution in [-0.2, 0) is 0 Å². The van der Waals surface area contributed by atoms with Crippen molar-refractivity contribution >= 4 is 11.8 Å². The molecule has 0 unspecified atom stereocenters. The number of nitrogens with two attached hydrogens (primary N) is 1. The number of nitrogen functional groups attached to an aromatic ring is 1. The molecule has 1 aromatic rings. The average Bonchev–Trinajstić information content (AvgIpc) is 2.21. The largest absolute Gasteiger partial charge is 0.395 e. The maximum absolute atomic E-state index is 13.3. The molecule has 1 aromatic heterocycles. The van der Waals surface area contributed by atoms with Gasteiger partial charge in [0.05, 0.1) is 19.4 Å². The highest BCUT2D eigenvalue weighted by Crippen LogP contribution is 2.15. The Hall–Kier alpha value is -1.47. The van der Waals surface area contributed by atoms with Crippen molar-refractivity contribution in [2.24, 2.45) is 0 Å². The first-order chi connectivity index (χ1) is 7.19. The van der Waals surface area contributed by atoms with Crippen LogP contribution in [0.15, 0.2) is 6.20 Å². The number of hydrogen-bond acceptors (Lipinski definition) is 6. The Morgan fingerprint density at radius 1 is 1.33 bits per heavy atom. The van der Waals surface area contributed by atoms with Gasteiger partial charge in [-0.15, -0.1) is 0 Å². The molecule has 1 heterocycles. The quantitative estimate of drug-likeness (QED) is 0.583. The second kappa shape index (κ2) is 5.42. The van der Waals surface area contributed by atoms with Crippen molar-refractivity contribution in [1.29, 1.82) is 0 Å². The highest BCUT2D eigenvalue weighted by atomic mass is 19.1. The van der Waals surface area contributed by atoms with Crippen LogP contribution in [0.5, 0.6) is 0 Å². The Kier molecular flexibility index (Phi) is 4.19. The number of aliphatic hydroxyl groups excluding tert-OH is 2. The second-order valence-corrected chi connectivity index (χ2v) is 2.83. The number of hydrogen-bond donors (Lipinski definition) is 3. The van der Waals surface area contributed by atoms with Gasteiger partial charge in [-0.2, -0.15) is 4.98 Å². The fourth-order valence-electron chi connectivity index (χ4n) is 1.16. The summed E-state index contributed by atoms with van der Waals surface area (Å²) in [5.41, 5.74) is 5.32. The maximum Gasteiger partial charge on any atom is 0.222 e. The molecule has 0 fully saturated rings. The van der Waals surface area contributed by atoms with E-state index in [0.29, 0.717) is 0 Å². The van der Waals surface area contributed by atoms with Gasteiger partial charge in [0.1, 0.15) is 0 Å². The number of rotatable bonds is 5. The maximum atomic E-state index is 13.3. The van der Waals surface area contributed by atoms with Gasteiger partial charge in [0, 0.05) is 13.1 Å². The molecule has 0 aromatic carbocycles. The first kappa shape index (κ1) is 11.6. The van der Waals surface area contributed by atoms with Crippen LogP contribution in [0.3, 0.4) is 0 Å². The summed E-state index contributed by atoms with van der Waals surface area (Å²) in [5, 5.41) is 17.5. The molecule has 0 atom stereocenters. The molecule has 0 aliphatic carbocycles. The van der Waals surface area contributed by atoms with E-state index < -0.39 is 5.82 Å². The topological polar surface area (TPSA) is 95.5 Å². The summed E-state index contributed by atoms with van der Waals surface area (Å²) in [6.07, 6.45) is 0.958. The van der Waals surface area contributed by atoms with Crippen LogP contribution in [0, 0.1) is 5.82 Å². The van der Waals surface area contributed by atoms with Gasteiger partial charge in [-0.25, -0.2) is 9.37 Å². The Labute approximate surface area is 86.2 Å². The van der Waals surface area contributed by atoms with Crippen LogP contribution in [0.1, 0.15) is 0 Å². The Bertz CT molecular complexity index is 318. The minimum atomic E-state index is -0.633. The molecule has 6 nitrogen and oxygen atoms in total. The smallest absolute Gasteiger partial charge is 0.222 e. The molecule has 0 aliphatic rings. The van der Waals surface area contributed by atoms with E-state index in [9.17, 15) is 4.39 Å². The Balaban J connectivity index is 2.93. The molecule has 1 rings (SSSR count). The van der Waals surface area contributed by atoms with E-state index in [2.05, 4.69) is 9.97 Å². The molecule has 0 bridgehead atoms. The van der Waals surface area contributed by atoms with E-state index >= 15 is 0 Å². The van der Waals surface area contributed by atoms with E-state index in [0.717, 1.165) is 6.20 Å². The monoisotopic (exact) mass is 216 g/mol. The Morgan fingerprint density at radius 2 is 1.93 bits per heavy atom. The summed E-state index contributed by atoms with van der Waals surface area (Å²) in [4.78, 5) is 8.58. The third kappa shape index (κ3) is 3.00. The van der Waals surface area contributed by atoms with E-state index in [-0.39, 0.29) is 38.1 Å². The molecule has 0 aliphatic heterocycles. The molecule has 7 heteroatoms. The van der Waals surface area contributed by atoms with Crippen molar-refractivity contribution in [3.05, 3.63) is 12.0 Å². The van der Waals surface area contributed by atoms with Crippen LogP contribution in [0.4, 0.5) is 16.2 Å². The second-order valence-electron chi connectivity index (χ2n) is 2.83. The van der Waals surface area contributed by atoms with Gasteiger partial charge in [0.15, 0.2) is 11.6 Å². The number of halogens is 1. The lowest BCUT2D eigenvalue weighted by Gasteiger charge is -2.21. The molecule has 4 N–H and O–H groups in total. The summed E-state index contributed by atoms with van der Waals surface area (Å²) in [6, 6.07) is 0. The Morgan fingerprint density at radius 3 is 2.47 bits per heavy atom. The fraction of sp³-hybridized carbons (Fsp3) is 0.500. The van der Waals surface area contributed by atoms with E-state index in [1.807, 2.05) is 0 Å². The van der Waals surface area contributed by atoms with E-state index in [1.165, 1.54) is 4.90 Å². The number of aromatic nitrogens is 2. The van der Waals surface area contributed by atoms with Crippen LogP contribution in [0.2, 0.25) is 0 Å². The molecule has 0 radical (unpaired) electrons. The molecule has 0 saturated heterocycles. The van der Waals surface area contributed by atoms with Crippen LogP contribution in [-0.4, -0.2) is 46.5 Å². The molecule has 84 valence electrons. The average molecular weight is 216 g/mol. The van der Waals surface area contributed by atoms with Gasteiger partial charge in [-0.1, -0.05) is 0 Å². The zero-order valence-corrected chi connectivity index (χ0v) is 8.10. The summed E-state index contributed by atoms with van der Waals surface area (Å²) >= 11 is 0. The first-order valence-electron chi connectivity index (χ1n) is 4.43. The zero-order valence-electron chi connectivity index (χ0n) is 8.10. The van der Waals surface area contributed by atoms with Gasteiger partial charge in [-0.05, 0) is 0 Å². The van der Waals surface area contributed by atoms with Gasteiger partial charge in [0.2, 0.25) is 5.95 Å². The molecule has 15 heavy (non-hydrogen) atoms. The van der Waals surface area contributed by atoms with Gasteiger partial charge < -0.3 is 20.8 Å². The molecule has 0 saturated carbocycles. The third-order valence-electron chi connectivity index (χ3n) is 1.78. The van der Waals surface area contributed by atoms with Gasteiger partial charge >= 0.3 is 0 Å². The minimum absolute atomic E-state index is 0.00870. The first-order valence-corrected chi connectivity index (χ1v) is 4.43. The predicted molar refractivity (Wildman–Crippen MR) is 52.8 cm³/mol. The predicted octanol–water partition coefficient (Wildman–Crippen LogP) is -1.01. The standard InChI is InChI=1S/C8H13FN4O2/c9-6-5-11-8(10)12-7(6)13(1-3-14)2-4-15/h5,14-15H,1-4H2,(H2,10,11,12). The molecule has 0 amide bonds. The SMILES string of the molecule is Nc1ncc(F)c(N(CCO)CCO)n1. The number of nitrogens with zero attached hydrogens (tertiary/aromatic N) is 3.